The Hall–Kier alpha value is -3.48. The molecule has 0 radical (unpaired) electrons. The zero-order valence-corrected chi connectivity index (χ0v) is 16.9. The Morgan fingerprint density at radius 1 is 1.03 bits per heavy atom. The van der Waals surface area contributed by atoms with Crippen LogP contribution in [0.1, 0.15) is 18.1 Å². The highest BCUT2D eigenvalue weighted by atomic mass is 16.5. The first-order valence-corrected chi connectivity index (χ1v) is 8.96. The molecule has 29 heavy (non-hydrogen) atoms. The van der Waals surface area contributed by atoms with Gasteiger partial charge in [0.25, 0.3) is 0 Å². The predicted octanol–water partition coefficient (Wildman–Crippen LogP) is 3.95. The Labute approximate surface area is 167 Å². The van der Waals surface area contributed by atoms with Gasteiger partial charge in [0.05, 0.1) is 19.6 Å². The van der Waals surface area contributed by atoms with Gasteiger partial charge in [0.2, 0.25) is 11.2 Å². The number of carboxylic acids is 1. The maximum Gasteiger partial charge on any atom is 0.344 e. The van der Waals surface area contributed by atoms with Crippen molar-refractivity contribution in [2.45, 2.75) is 26.9 Å². The molecule has 1 heterocycles. The summed E-state index contributed by atoms with van der Waals surface area (Å²) in [5, 5.41) is 9.57. The maximum atomic E-state index is 13.2. The molecular formula is C22H22O7. The van der Waals surface area contributed by atoms with Crippen LogP contribution in [-0.2, 0) is 4.79 Å². The second kappa shape index (κ2) is 7.87. The van der Waals surface area contributed by atoms with E-state index in [9.17, 15) is 14.7 Å². The molecule has 0 saturated heterocycles. The van der Waals surface area contributed by atoms with Crippen molar-refractivity contribution in [3.8, 4) is 28.6 Å². The monoisotopic (exact) mass is 398 g/mol. The second-order valence-electron chi connectivity index (χ2n) is 6.69. The fourth-order valence-corrected chi connectivity index (χ4v) is 2.94. The summed E-state index contributed by atoms with van der Waals surface area (Å²) in [6, 6.07) is 8.49. The average molecular weight is 398 g/mol. The van der Waals surface area contributed by atoms with E-state index in [-0.39, 0.29) is 11.5 Å². The third kappa shape index (κ3) is 3.76. The molecule has 0 unspecified atom stereocenters. The zero-order valence-electron chi connectivity index (χ0n) is 16.9. The van der Waals surface area contributed by atoms with Gasteiger partial charge in [-0.25, -0.2) is 4.79 Å². The van der Waals surface area contributed by atoms with Crippen molar-refractivity contribution >= 4 is 16.9 Å². The normalized spacial score (nSPS) is 11.9. The number of fused-ring (bicyclic) bond motifs is 1. The van der Waals surface area contributed by atoms with Gasteiger partial charge >= 0.3 is 5.97 Å². The number of aliphatic carboxylic acids is 1. The third-order valence-corrected chi connectivity index (χ3v) is 4.75. The minimum atomic E-state index is -1.24. The van der Waals surface area contributed by atoms with Crippen molar-refractivity contribution in [3.63, 3.8) is 0 Å². The molecule has 1 atom stereocenters. The van der Waals surface area contributed by atoms with Crippen molar-refractivity contribution in [2.24, 2.45) is 0 Å². The topological polar surface area (TPSA) is 95.2 Å². The van der Waals surface area contributed by atoms with E-state index in [1.807, 2.05) is 13.8 Å². The van der Waals surface area contributed by atoms with Gasteiger partial charge in [0.1, 0.15) is 5.58 Å². The lowest BCUT2D eigenvalue weighted by Crippen LogP contribution is -2.26. The molecule has 2 aromatic carbocycles. The van der Waals surface area contributed by atoms with E-state index < -0.39 is 17.5 Å². The molecule has 0 amide bonds. The summed E-state index contributed by atoms with van der Waals surface area (Å²) < 4.78 is 22.1. The van der Waals surface area contributed by atoms with Gasteiger partial charge < -0.3 is 23.7 Å². The van der Waals surface area contributed by atoms with Crippen LogP contribution in [0.5, 0.6) is 17.2 Å². The molecule has 1 N–H and O–H groups in total. The van der Waals surface area contributed by atoms with Gasteiger partial charge in [-0.15, -0.1) is 0 Å². The Morgan fingerprint density at radius 2 is 1.69 bits per heavy atom. The summed E-state index contributed by atoms with van der Waals surface area (Å²) in [6.45, 7) is 5.16. The first-order valence-electron chi connectivity index (χ1n) is 8.96. The quantitative estimate of drug-likeness (QED) is 0.672. The molecule has 0 aliphatic carbocycles. The molecule has 3 aromatic rings. The van der Waals surface area contributed by atoms with Crippen molar-refractivity contribution in [1.82, 2.24) is 0 Å². The molecule has 0 aliphatic rings. The highest BCUT2D eigenvalue weighted by Gasteiger charge is 2.23. The molecule has 0 bridgehead atoms. The largest absolute Gasteiger partial charge is 0.493 e. The lowest BCUT2D eigenvalue weighted by atomic mass is 10.0. The summed E-state index contributed by atoms with van der Waals surface area (Å²) in [6.07, 6.45) is -1.24. The molecule has 0 aliphatic heterocycles. The fraction of sp³-hybridized carbons (Fsp3) is 0.273. The van der Waals surface area contributed by atoms with Gasteiger partial charge in [-0.2, -0.15) is 0 Å². The summed E-state index contributed by atoms with van der Waals surface area (Å²) in [7, 11) is 3.01. The summed E-state index contributed by atoms with van der Waals surface area (Å²) in [4.78, 5) is 24.5. The van der Waals surface area contributed by atoms with Crippen molar-refractivity contribution in [1.29, 1.82) is 0 Å². The highest BCUT2D eigenvalue weighted by Crippen LogP contribution is 2.37. The minimum absolute atomic E-state index is 0.125. The Balaban J connectivity index is 2.32. The number of hydrogen-bond donors (Lipinski definition) is 1. The molecule has 1 aromatic heterocycles. The van der Waals surface area contributed by atoms with Crippen LogP contribution in [-0.4, -0.2) is 31.4 Å². The third-order valence-electron chi connectivity index (χ3n) is 4.75. The van der Waals surface area contributed by atoms with Crippen LogP contribution in [0.25, 0.3) is 22.3 Å². The van der Waals surface area contributed by atoms with Crippen LogP contribution in [0.4, 0.5) is 0 Å². The van der Waals surface area contributed by atoms with Crippen molar-refractivity contribution in [2.75, 3.05) is 14.2 Å². The molecule has 152 valence electrons. The van der Waals surface area contributed by atoms with E-state index in [4.69, 9.17) is 18.6 Å². The summed E-state index contributed by atoms with van der Waals surface area (Å²) in [5.74, 6) is -0.289. The first kappa shape index (κ1) is 20.3. The fourth-order valence-electron chi connectivity index (χ4n) is 2.94. The van der Waals surface area contributed by atoms with Crippen LogP contribution >= 0.6 is 0 Å². The zero-order chi connectivity index (χ0) is 21.3. The van der Waals surface area contributed by atoms with Crippen LogP contribution < -0.4 is 19.6 Å². The molecule has 0 fully saturated rings. The number of carboxylic acid groups (broad SMARTS) is 1. The SMILES string of the molecule is COc1ccc(-c2oc3cc(C)c(C)cc3c(=O)c2O[C@@H](C)C(=O)O)cc1OC. The van der Waals surface area contributed by atoms with E-state index in [1.165, 1.54) is 21.1 Å². The number of methoxy groups -OCH3 is 2. The highest BCUT2D eigenvalue weighted by molar-refractivity contribution is 5.84. The van der Waals surface area contributed by atoms with E-state index in [2.05, 4.69) is 0 Å². The average Bonchev–Trinajstić information content (AvgIpc) is 2.70. The smallest absolute Gasteiger partial charge is 0.344 e. The van der Waals surface area contributed by atoms with Crippen LogP contribution in [0.15, 0.2) is 39.5 Å². The number of aryl methyl sites for hydroxylation is 2. The Morgan fingerprint density at radius 3 is 2.31 bits per heavy atom. The number of carbonyl (C=O) groups is 1. The van der Waals surface area contributed by atoms with E-state index in [1.54, 1.807) is 30.3 Å². The Kier molecular flexibility index (Phi) is 5.50. The van der Waals surface area contributed by atoms with E-state index >= 15 is 0 Å². The van der Waals surface area contributed by atoms with Gasteiger partial charge in [0, 0.05) is 5.56 Å². The standard InChI is InChI=1S/C22H22O7/c1-11-8-15-17(9-12(11)2)29-20(21(19(15)23)28-13(3)22(24)25)14-6-7-16(26-4)18(10-14)27-5/h6-10,13H,1-5H3,(H,24,25)/t13-/m0/s1. The first-order chi connectivity index (χ1) is 13.8. The molecule has 7 heteroatoms. The van der Waals surface area contributed by atoms with E-state index in [0.717, 1.165) is 11.1 Å². The van der Waals surface area contributed by atoms with Crippen LogP contribution in [0, 0.1) is 13.8 Å². The van der Waals surface area contributed by atoms with Gasteiger partial charge in [-0.05, 0) is 62.2 Å². The molecular weight excluding hydrogens is 376 g/mol. The number of rotatable bonds is 6. The summed E-state index contributed by atoms with van der Waals surface area (Å²) in [5.41, 5.74) is 2.32. The van der Waals surface area contributed by atoms with Crippen molar-refractivity contribution < 1.29 is 28.5 Å². The lowest BCUT2D eigenvalue weighted by molar-refractivity contribution is -0.144. The lowest BCUT2D eigenvalue weighted by Gasteiger charge is -2.16. The van der Waals surface area contributed by atoms with Crippen LogP contribution in [0.3, 0.4) is 0 Å². The molecule has 3 rings (SSSR count). The van der Waals surface area contributed by atoms with Gasteiger partial charge in [0.15, 0.2) is 23.4 Å². The minimum Gasteiger partial charge on any atom is -0.493 e. The predicted molar refractivity (Wildman–Crippen MR) is 108 cm³/mol. The van der Waals surface area contributed by atoms with Gasteiger partial charge in [-0.1, -0.05) is 0 Å². The molecule has 7 nitrogen and oxygen atoms in total. The van der Waals surface area contributed by atoms with E-state index in [0.29, 0.717) is 28.0 Å². The van der Waals surface area contributed by atoms with Gasteiger partial charge in [-0.3, -0.25) is 4.79 Å². The molecule has 0 saturated carbocycles. The number of hydrogen-bond acceptors (Lipinski definition) is 6. The van der Waals surface area contributed by atoms with Crippen LogP contribution in [0.2, 0.25) is 0 Å². The van der Waals surface area contributed by atoms with Crippen molar-refractivity contribution in [3.05, 3.63) is 51.7 Å². The summed E-state index contributed by atoms with van der Waals surface area (Å²) >= 11 is 0. The second-order valence-corrected chi connectivity index (χ2v) is 6.69. The maximum absolute atomic E-state index is 13.2. The Bertz CT molecular complexity index is 1140. The molecule has 0 spiro atoms. The number of benzene rings is 2. The number of ether oxygens (including phenoxy) is 3.